The fourth-order valence-electron chi connectivity index (χ4n) is 4.04. The second-order valence-corrected chi connectivity index (χ2v) is 8.01. The molecule has 0 radical (unpaired) electrons. The van der Waals surface area contributed by atoms with Crippen LogP contribution in [0.3, 0.4) is 0 Å². The lowest BCUT2D eigenvalue weighted by Gasteiger charge is -2.22. The average molecular weight is 320 g/mol. The summed E-state index contributed by atoms with van der Waals surface area (Å²) >= 11 is 0. The van der Waals surface area contributed by atoms with Gasteiger partial charge in [-0.1, -0.05) is 70.2 Å². The zero-order valence-corrected chi connectivity index (χ0v) is 14.8. The van der Waals surface area contributed by atoms with E-state index in [0.29, 0.717) is 5.56 Å². The number of fused-ring (bicyclic) bond motifs is 1. The number of hydrogen-bond acceptors (Lipinski definition) is 1. The van der Waals surface area contributed by atoms with Gasteiger partial charge in [-0.2, -0.15) is 0 Å². The van der Waals surface area contributed by atoms with Crippen molar-refractivity contribution < 1.29 is 9.90 Å². The average Bonchev–Trinajstić information content (AvgIpc) is 2.70. The summed E-state index contributed by atoms with van der Waals surface area (Å²) in [4.78, 5) is 10.9. The monoisotopic (exact) mass is 320 g/mol. The number of aromatic carboxylic acids is 1. The van der Waals surface area contributed by atoms with E-state index >= 15 is 0 Å². The first-order valence-corrected chi connectivity index (χ1v) is 8.35. The second-order valence-electron chi connectivity index (χ2n) is 8.01. The molecule has 2 aromatic carbocycles. The standard InChI is InChI=1S/C22H24O2/c1-21(2)14-22(3,4)19-13-16(9-12-18(19)21)6-5-15-7-10-17(11-8-15)20(23)24/h5-13H,14H2,1-4H3,(H,23,24)/b6-5+. The Kier molecular flexibility index (Phi) is 3.87. The smallest absolute Gasteiger partial charge is 0.335 e. The molecule has 0 saturated heterocycles. The van der Waals surface area contributed by atoms with E-state index < -0.39 is 5.97 Å². The Morgan fingerprint density at radius 1 is 0.875 bits per heavy atom. The lowest BCUT2D eigenvalue weighted by Crippen LogP contribution is -2.17. The van der Waals surface area contributed by atoms with Crippen LogP contribution < -0.4 is 0 Å². The molecule has 0 bridgehead atoms. The van der Waals surface area contributed by atoms with Crippen LogP contribution in [0.1, 0.15) is 66.7 Å². The van der Waals surface area contributed by atoms with Crippen LogP contribution in [-0.4, -0.2) is 11.1 Å². The Morgan fingerprint density at radius 2 is 1.42 bits per heavy atom. The summed E-state index contributed by atoms with van der Waals surface area (Å²) in [5.41, 5.74) is 5.82. The van der Waals surface area contributed by atoms with Crippen molar-refractivity contribution in [1.29, 1.82) is 0 Å². The van der Waals surface area contributed by atoms with Gasteiger partial charge in [0.25, 0.3) is 0 Å². The van der Waals surface area contributed by atoms with E-state index in [4.69, 9.17) is 5.11 Å². The first-order valence-electron chi connectivity index (χ1n) is 8.35. The Hall–Kier alpha value is -2.35. The molecule has 1 aliphatic rings. The zero-order valence-electron chi connectivity index (χ0n) is 14.8. The van der Waals surface area contributed by atoms with E-state index in [2.05, 4.69) is 52.0 Å². The normalized spacial score (nSPS) is 17.8. The molecule has 0 heterocycles. The van der Waals surface area contributed by atoms with Crippen molar-refractivity contribution in [2.45, 2.75) is 44.9 Å². The van der Waals surface area contributed by atoms with Gasteiger partial charge in [-0.25, -0.2) is 4.79 Å². The summed E-state index contributed by atoms with van der Waals surface area (Å²) in [6.45, 7) is 9.28. The molecule has 0 amide bonds. The number of hydrogen-bond donors (Lipinski definition) is 1. The van der Waals surface area contributed by atoms with Crippen LogP contribution in [0.25, 0.3) is 12.2 Å². The van der Waals surface area contributed by atoms with Crippen LogP contribution in [0.15, 0.2) is 42.5 Å². The number of carbonyl (C=O) groups is 1. The minimum atomic E-state index is -0.894. The Balaban J connectivity index is 1.88. The number of carboxylic acid groups (broad SMARTS) is 1. The van der Waals surface area contributed by atoms with Crippen LogP contribution in [-0.2, 0) is 10.8 Å². The van der Waals surface area contributed by atoms with Crippen LogP contribution in [0.2, 0.25) is 0 Å². The Bertz CT molecular complexity index is 808. The highest BCUT2D eigenvalue weighted by atomic mass is 16.4. The van der Waals surface area contributed by atoms with Crippen molar-refractivity contribution in [3.8, 4) is 0 Å². The van der Waals surface area contributed by atoms with Gasteiger partial charge in [0.05, 0.1) is 5.56 Å². The minimum absolute atomic E-state index is 0.200. The SMILES string of the molecule is CC1(C)CC(C)(C)c2cc(/C=C/c3ccc(C(=O)O)cc3)ccc21. The fourth-order valence-corrected chi connectivity index (χ4v) is 4.04. The molecular weight excluding hydrogens is 296 g/mol. The predicted molar refractivity (Wildman–Crippen MR) is 99.4 cm³/mol. The summed E-state index contributed by atoms with van der Waals surface area (Å²) in [5, 5.41) is 8.95. The maximum atomic E-state index is 10.9. The molecule has 0 unspecified atom stereocenters. The van der Waals surface area contributed by atoms with Gasteiger partial charge < -0.3 is 5.11 Å². The molecule has 0 atom stereocenters. The van der Waals surface area contributed by atoms with E-state index in [9.17, 15) is 4.79 Å². The van der Waals surface area contributed by atoms with Gasteiger partial charge in [0.2, 0.25) is 0 Å². The van der Waals surface area contributed by atoms with Crippen molar-refractivity contribution in [1.82, 2.24) is 0 Å². The van der Waals surface area contributed by atoms with Crippen molar-refractivity contribution in [3.05, 3.63) is 70.3 Å². The van der Waals surface area contributed by atoms with E-state index in [1.165, 1.54) is 23.1 Å². The third-order valence-corrected chi connectivity index (χ3v) is 5.01. The van der Waals surface area contributed by atoms with E-state index in [1.54, 1.807) is 12.1 Å². The van der Waals surface area contributed by atoms with Gasteiger partial charge in [-0.3, -0.25) is 0 Å². The molecule has 3 rings (SSSR count). The molecule has 1 aliphatic carbocycles. The second kappa shape index (κ2) is 5.62. The molecule has 2 aromatic rings. The molecule has 2 nitrogen and oxygen atoms in total. The quantitative estimate of drug-likeness (QED) is 0.757. The third-order valence-electron chi connectivity index (χ3n) is 5.01. The summed E-state index contributed by atoms with van der Waals surface area (Å²) < 4.78 is 0. The first-order chi connectivity index (χ1) is 11.2. The van der Waals surface area contributed by atoms with Crippen LogP contribution >= 0.6 is 0 Å². The number of rotatable bonds is 3. The van der Waals surface area contributed by atoms with Gasteiger partial charge >= 0.3 is 5.97 Å². The minimum Gasteiger partial charge on any atom is -0.478 e. The van der Waals surface area contributed by atoms with Crippen LogP contribution in [0.4, 0.5) is 0 Å². The van der Waals surface area contributed by atoms with E-state index in [-0.39, 0.29) is 10.8 Å². The molecular formula is C22H24O2. The summed E-state index contributed by atoms with van der Waals surface area (Å²) in [6, 6.07) is 13.7. The fraction of sp³-hybridized carbons (Fsp3) is 0.318. The maximum Gasteiger partial charge on any atom is 0.335 e. The van der Waals surface area contributed by atoms with Crippen molar-refractivity contribution in [2.24, 2.45) is 0 Å². The van der Waals surface area contributed by atoms with Gasteiger partial charge in [0.1, 0.15) is 0 Å². The highest BCUT2D eigenvalue weighted by Gasteiger charge is 2.41. The lowest BCUT2D eigenvalue weighted by atomic mass is 9.82. The van der Waals surface area contributed by atoms with Crippen molar-refractivity contribution in [2.75, 3.05) is 0 Å². The third kappa shape index (κ3) is 3.01. The molecule has 0 aromatic heterocycles. The lowest BCUT2D eigenvalue weighted by molar-refractivity contribution is 0.0697. The highest BCUT2D eigenvalue weighted by Crippen LogP contribution is 2.49. The Morgan fingerprint density at radius 3 is 2.04 bits per heavy atom. The van der Waals surface area contributed by atoms with Crippen LogP contribution in [0.5, 0.6) is 0 Å². The van der Waals surface area contributed by atoms with Crippen molar-refractivity contribution >= 4 is 18.1 Å². The summed E-state index contributed by atoms with van der Waals surface area (Å²) in [6.07, 6.45) is 5.29. The zero-order chi connectivity index (χ0) is 17.5. The molecule has 1 N–H and O–H groups in total. The molecule has 0 aliphatic heterocycles. The topological polar surface area (TPSA) is 37.3 Å². The molecule has 0 spiro atoms. The highest BCUT2D eigenvalue weighted by molar-refractivity contribution is 5.88. The molecule has 124 valence electrons. The maximum absolute atomic E-state index is 10.9. The first kappa shape index (κ1) is 16.5. The molecule has 0 fully saturated rings. The molecule has 24 heavy (non-hydrogen) atoms. The number of carboxylic acids is 1. The van der Waals surface area contributed by atoms with Gasteiger partial charge in [-0.15, -0.1) is 0 Å². The molecule has 0 saturated carbocycles. The van der Waals surface area contributed by atoms with Gasteiger partial charge in [-0.05, 0) is 51.6 Å². The Labute approximate surface area is 143 Å². The van der Waals surface area contributed by atoms with E-state index in [0.717, 1.165) is 5.56 Å². The van der Waals surface area contributed by atoms with Crippen LogP contribution in [0, 0.1) is 0 Å². The predicted octanol–water partition coefficient (Wildman–Crippen LogP) is 5.51. The van der Waals surface area contributed by atoms with Crippen molar-refractivity contribution in [3.63, 3.8) is 0 Å². The van der Waals surface area contributed by atoms with Gasteiger partial charge in [0.15, 0.2) is 0 Å². The number of benzene rings is 2. The summed E-state index contributed by atoms with van der Waals surface area (Å²) in [7, 11) is 0. The summed E-state index contributed by atoms with van der Waals surface area (Å²) in [5.74, 6) is -0.894. The largest absolute Gasteiger partial charge is 0.478 e. The van der Waals surface area contributed by atoms with E-state index in [1.807, 2.05) is 18.2 Å². The molecule has 2 heteroatoms. The van der Waals surface area contributed by atoms with Gasteiger partial charge in [0, 0.05) is 0 Å².